The van der Waals surface area contributed by atoms with Crippen LogP contribution in [-0.2, 0) is 5.41 Å². The molecule has 1 aliphatic carbocycles. The molecule has 1 aromatic carbocycles. The molecule has 0 unspecified atom stereocenters. The van der Waals surface area contributed by atoms with Crippen LogP contribution < -0.4 is 0 Å². The average molecular weight is 390 g/mol. The minimum absolute atomic E-state index is 0.574. The van der Waals surface area contributed by atoms with Gasteiger partial charge in [-0.3, -0.25) is 15.1 Å². The number of rotatable bonds is 3. The van der Waals surface area contributed by atoms with Gasteiger partial charge in [-0.05, 0) is 46.0 Å². The SMILES string of the molecule is C[N+]1=C=[N+](c2cccc(C3(c4ccn[nH]4)c4cnccc4-c4ccncc43)c2)C=C1. The van der Waals surface area contributed by atoms with E-state index in [4.69, 9.17) is 0 Å². The van der Waals surface area contributed by atoms with Gasteiger partial charge >= 0.3 is 6.01 Å². The number of benzene rings is 1. The number of aromatic nitrogens is 4. The zero-order valence-electron chi connectivity index (χ0n) is 16.3. The van der Waals surface area contributed by atoms with Gasteiger partial charge in [-0.2, -0.15) is 5.10 Å². The normalized spacial score (nSPS) is 15.5. The van der Waals surface area contributed by atoms with Gasteiger partial charge in [0, 0.05) is 43.1 Å². The third-order valence-electron chi connectivity index (χ3n) is 5.91. The molecule has 142 valence electrons. The highest BCUT2D eigenvalue weighted by Gasteiger charge is 2.48. The summed E-state index contributed by atoms with van der Waals surface area (Å²) < 4.78 is 3.90. The Balaban J connectivity index is 1.71. The number of nitrogens with one attached hydrogen (secondary N) is 1. The summed E-state index contributed by atoms with van der Waals surface area (Å²) in [5, 5.41) is 7.53. The molecule has 1 aliphatic heterocycles. The molecule has 6 heteroatoms. The molecule has 0 spiro atoms. The van der Waals surface area contributed by atoms with E-state index in [0.29, 0.717) is 0 Å². The van der Waals surface area contributed by atoms with Gasteiger partial charge in [0.05, 0.1) is 11.1 Å². The zero-order chi connectivity index (χ0) is 20.1. The Morgan fingerprint density at radius 2 is 1.67 bits per heavy atom. The molecule has 0 amide bonds. The topological polar surface area (TPSA) is 60.5 Å². The van der Waals surface area contributed by atoms with Crippen LogP contribution in [0.2, 0.25) is 0 Å². The van der Waals surface area contributed by atoms with Gasteiger partial charge in [-0.15, -0.1) is 0 Å². The number of nitrogens with zero attached hydrogens (tertiary/aromatic N) is 5. The minimum Gasteiger partial charge on any atom is -0.281 e. The first-order chi connectivity index (χ1) is 14.8. The van der Waals surface area contributed by atoms with Gasteiger partial charge < -0.3 is 0 Å². The Bertz CT molecular complexity index is 1350. The molecule has 1 N–H and O–H groups in total. The lowest BCUT2D eigenvalue weighted by atomic mass is 9.71. The first-order valence-corrected chi connectivity index (χ1v) is 9.75. The van der Waals surface area contributed by atoms with Crippen LogP contribution in [0.3, 0.4) is 0 Å². The Morgan fingerprint density at radius 1 is 0.900 bits per heavy atom. The molecule has 0 atom stereocenters. The molecule has 0 saturated heterocycles. The van der Waals surface area contributed by atoms with E-state index < -0.39 is 5.41 Å². The van der Waals surface area contributed by atoms with E-state index in [1.165, 1.54) is 11.1 Å². The summed E-state index contributed by atoms with van der Waals surface area (Å²) in [6.45, 7) is 0. The zero-order valence-corrected chi connectivity index (χ0v) is 16.3. The summed E-state index contributed by atoms with van der Waals surface area (Å²) in [6, 6.07) is 18.0. The Morgan fingerprint density at radius 3 is 2.30 bits per heavy atom. The molecule has 3 aromatic heterocycles. The van der Waals surface area contributed by atoms with Crippen LogP contribution >= 0.6 is 0 Å². The largest absolute Gasteiger partial charge is 0.495 e. The molecule has 0 saturated carbocycles. The van der Waals surface area contributed by atoms with Gasteiger partial charge in [0.15, 0.2) is 7.05 Å². The summed E-state index contributed by atoms with van der Waals surface area (Å²) in [4.78, 5) is 8.97. The van der Waals surface area contributed by atoms with Crippen molar-refractivity contribution in [1.82, 2.24) is 20.2 Å². The summed E-state index contributed by atoms with van der Waals surface area (Å²) in [5.41, 5.74) is 7.15. The van der Waals surface area contributed by atoms with Crippen LogP contribution in [0, 0.1) is 0 Å². The molecule has 2 aliphatic rings. The van der Waals surface area contributed by atoms with E-state index in [1.807, 2.05) is 59.5 Å². The van der Waals surface area contributed by atoms with Crippen molar-refractivity contribution in [3.63, 3.8) is 0 Å². The predicted molar refractivity (Wildman–Crippen MR) is 112 cm³/mol. The lowest BCUT2D eigenvalue weighted by Gasteiger charge is -2.31. The number of H-pyrrole nitrogens is 1. The lowest BCUT2D eigenvalue weighted by molar-refractivity contribution is -0.429. The standard InChI is InChI=1S/C24H18N6/c1-29-11-12-30(16-29)18-4-2-3-17(13-18)24(23-7-10-27-28-23)21-14-25-8-5-19(21)20-6-9-26-15-22(20)24/h2-15H,1H3,(H,27,28)/q+2. The van der Waals surface area contributed by atoms with Crippen molar-refractivity contribution in [2.45, 2.75) is 5.41 Å². The highest BCUT2D eigenvalue weighted by atomic mass is 15.1. The van der Waals surface area contributed by atoms with Gasteiger partial charge in [0.25, 0.3) is 6.20 Å². The number of aromatic amines is 1. The van der Waals surface area contributed by atoms with E-state index in [2.05, 4.69) is 62.6 Å². The maximum Gasteiger partial charge on any atom is 0.495 e. The van der Waals surface area contributed by atoms with Crippen molar-refractivity contribution in [3.05, 3.63) is 108 Å². The van der Waals surface area contributed by atoms with Crippen molar-refractivity contribution in [1.29, 1.82) is 0 Å². The predicted octanol–water partition coefficient (Wildman–Crippen LogP) is 3.51. The minimum atomic E-state index is -0.574. The van der Waals surface area contributed by atoms with Crippen LogP contribution in [0.5, 0.6) is 0 Å². The highest BCUT2D eigenvalue weighted by Crippen LogP contribution is 2.55. The van der Waals surface area contributed by atoms with Crippen molar-refractivity contribution < 1.29 is 9.15 Å². The Kier molecular flexibility index (Phi) is 3.45. The fourth-order valence-electron chi connectivity index (χ4n) is 4.66. The van der Waals surface area contributed by atoms with Gasteiger partial charge in [-0.1, -0.05) is 21.3 Å². The van der Waals surface area contributed by atoms with Crippen molar-refractivity contribution in [2.24, 2.45) is 0 Å². The molecular weight excluding hydrogens is 372 g/mol. The molecule has 6 rings (SSSR count). The number of hydrogen-bond donors (Lipinski definition) is 1. The fourth-order valence-corrected chi connectivity index (χ4v) is 4.66. The first kappa shape index (κ1) is 16.8. The van der Waals surface area contributed by atoms with Gasteiger partial charge in [-0.25, -0.2) is 0 Å². The van der Waals surface area contributed by atoms with Crippen LogP contribution in [-0.4, -0.2) is 42.4 Å². The van der Waals surface area contributed by atoms with Crippen LogP contribution in [0.25, 0.3) is 11.1 Å². The van der Waals surface area contributed by atoms with Crippen molar-refractivity contribution in [2.75, 3.05) is 7.05 Å². The number of fused-ring (bicyclic) bond motifs is 3. The van der Waals surface area contributed by atoms with Gasteiger partial charge in [0.1, 0.15) is 0 Å². The van der Waals surface area contributed by atoms with E-state index >= 15 is 0 Å². The second-order valence-electron chi connectivity index (χ2n) is 7.49. The smallest absolute Gasteiger partial charge is 0.281 e. The fraction of sp³-hybridized carbons (Fsp3) is 0.0833. The highest BCUT2D eigenvalue weighted by molar-refractivity contribution is 5.85. The van der Waals surface area contributed by atoms with E-state index in [9.17, 15) is 0 Å². The second-order valence-corrected chi connectivity index (χ2v) is 7.49. The van der Waals surface area contributed by atoms with Crippen LogP contribution in [0.15, 0.2) is 85.8 Å². The molecule has 0 radical (unpaired) electrons. The Labute approximate surface area is 173 Å². The molecule has 30 heavy (non-hydrogen) atoms. The lowest BCUT2D eigenvalue weighted by Crippen LogP contribution is -2.29. The quantitative estimate of drug-likeness (QED) is 0.480. The maximum absolute atomic E-state index is 4.48. The second kappa shape index (κ2) is 6.17. The van der Waals surface area contributed by atoms with Gasteiger partial charge in [0.2, 0.25) is 11.9 Å². The summed E-state index contributed by atoms with van der Waals surface area (Å²) >= 11 is 0. The number of hydrogen-bond acceptors (Lipinski definition) is 3. The monoisotopic (exact) mass is 390 g/mol. The molecule has 0 fully saturated rings. The number of pyridine rings is 2. The first-order valence-electron chi connectivity index (χ1n) is 9.75. The van der Waals surface area contributed by atoms with Crippen molar-refractivity contribution in [3.8, 4) is 11.1 Å². The molecular formula is C24H18N6+2. The maximum atomic E-state index is 4.48. The van der Waals surface area contributed by atoms with E-state index in [0.717, 1.165) is 28.1 Å². The summed E-state index contributed by atoms with van der Waals surface area (Å²) in [5.74, 6) is 0. The molecule has 4 aromatic rings. The third kappa shape index (κ3) is 2.16. The van der Waals surface area contributed by atoms with E-state index in [1.54, 1.807) is 6.20 Å². The molecule has 0 bridgehead atoms. The van der Waals surface area contributed by atoms with E-state index in [-0.39, 0.29) is 0 Å². The third-order valence-corrected chi connectivity index (χ3v) is 5.91. The van der Waals surface area contributed by atoms with Crippen LogP contribution in [0.1, 0.15) is 22.4 Å². The summed E-state index contributed by atoms with van der Waals surface area (Å²) in [6.07, 6.45) is 13.4. The van der Waals surface area contributed by atoms with Crippen molar-refractivity contribution >= 4 is 11.7 Å². The molecule has 4 heterocycles. The average Bonchev–Trinajstić information content (AvgIpc) is 3.52. The van der Waals surface area contributed by atoms with Crippen LogP contribution in [0.4, 0.5) is 5.69 Å². The Hall–Kier alpha value is -4.15. The summed E-state index contributed by atoms with van der Waals surface area (Å²) in [7, 11) is 1.97. The molecule has 6 nitrogen and oxygen atoms in total.